The van der Waals surface area contributed by atoms with Crippen LogP contribution in [-0.2, 0) is 9.59 Å². The van der Waals surface area contributed by atoms with E-state index < -0.39 is 0 Å². The molecule has 0 radical (unpaired) electrons. The van der Waals surface area contributed by atoms with Crippen LogP contribution in [0.3, 0.4) is 0 Å². The number of benzene rings is 1. The van der Waals surface area contributed by atoms with Gasteiger partial charge in [-0.05, 0) is 37.5 Å². The fraction of sp³-hybridized carbons (Fsp3) is 0.636. The zero-order valence-corrected chi connectivity index (χ0v) is 27.3. The van der Waals surface area contributed by atoms with Crippen LogP contribution in [0.1, 0.15) is 103 Å². The van der Waals surface area contributed by atoms with E-state index in [4.69, 9.17) is 0 Å². The van der Waals surface area contributed by atoms with Crippen LogP contribution in [0.5, 0.6) is 0 Å². The molecule has 2 N–H and O–H groups in total. The number of carbonyl (C=O) groups excluding carboxylic acids is 2. The zero-order valence-electron chi connectivity index (χ0n) is 25.3. The van der Waals surface area contributed by atoms with Gasteiger partial charge in [0.2, 0.25) is 11.8 Å². The largest absolute Gasteiger partial charge is 1.00 e. The van der Waals surface area contributed by atoms with Crippen LogP contribution in [0.4, 0.5) is 5.69 Å². The van der Waals surface area contributed by atoms with Gasteiger partial charge in [-0.2, -0.15) is 18.2 Å². The van der Waals surface area contributed by atoms with Crippen molar-refractivity contribution in [3.63, 3.8) is 0 Å². The summed E-state index contributed by atoms with van der Waals surface area (Å²) in [5.74, 6) is 12.6. The quantitative estimate of drug-likeness (QED) is 0.0868. The van der Waals surface area contributed by atoms with Gasteiger partial charge in [-0.1, -0.05) is 68.9 Å². The first-order valence-electron chi connectivity index (χ1n) is 14.7. The second-order valence-electron chi connectivity index (χ2n) is 11.0. The van der Waals surface area contributed by atoms with Crippen molar-refractivity contribution in [3.8, 4) is 23.7 Å². The fourth-order valence-corrected chi connectivity index (χ4v) is 3.94. The predicted molar refractivity (Wildman–Crippen MR) is 159 cm³/mol. The molecule has 210 valence electrons. The second-order valence-corrected chi connectivity index (χ2v) is 11.0. The third-order valence-corrected chi connectivity index (χ3v) is 6.26. The first-order valence-corrected chi connectivity index (χ1v) is 14.7. The maximum absolute atomic E-state index is 11.9. The van der Waals surface area contributed by atoms with Gasteiger partial charge in [-0.3, -0.25) is 9.59 Å². The third kappa shape index (κ3) is 26.2. The number of likely N-dealkylation sites (N-methyl/N-ethyl adjacent to an activating group) is 1. The van der Waals surface area contributed by atoms with Crippen LogP contribution in [0.2, 0.25) is 0 Å². The first kappa shape index (κ1) is 37.2. The minimum Gasteiger partial charge on any atom is -0.350 e. The summed E-state index contributed by atoms with van der Waals surface area (Å²) in [6.07, 6.45) is 16.7. The molecular formula is C33H51N3NaO2+. The minimum absolute atomic E-state index is 0. The number of nitrogens with one attached hydrogen (secondary N) is 2. The van der Waals surface area contributed by atoms with E-state index in [-0.39, 0.29) is 41.4 Å². The Bertz CT molecular complexity index is 889. The number of rotatable bonds is 20. The van der Waals surface area contributed by atoms with Gasteiger partial charge < -0.3 is 15.1 Å². The average molecular weight is 545 g/mol. The van der Waals surface area contributed by atoms with Gasteiger partial charge in [0.05, 0.1) is 34.2 Å². The van der Waals surface area contributed by atoms with Gasteiger partial charge >= 0.3 is 29.6 Å². The van der Waals surface area contributed by atoms with E-state index in [2.05, 4.69) is 61.5 Å². The minimum atomic E-state index is 0. The Morgan fingerprint density at radius 3 is 1.69 bits per heavy atom. The summed E-state index contributed by atoms with van der Waals surface area (Å²) in [5, 5.41) is 5.93. The van der Waals surface area contributed by atoms with Crippen LogP contribution in [0.15, 0.2) is 24.3 Å². The third-order valence-electron chi connectivity index (χ3n) is 6.26. The molecule has 0 aliphatic carbocycles. The number of amides is 2. The summed E-state index contributed by atoms with van der Waals surface area (Å²) in [6.45, 7) is 1.72. The van der Waals surface area contributed by atoms with Crippen molar-refractivity contribution < 1.29 is 43.6 Å². The van der Waals surface area contributed by atoms with Gasteiger partial charge in [0.15, 0.2) is 0 Å². The molecule has 0 heterocycles. The Morgan fingerprint density at radius 2 is 1.18 bits per heavy atom. The molecule has 1 aromatic rings. The van der Waals surface area contributed by atoms with Crippen LogP contribution in [-0.4, -0.2) is 50.5 Å². The molecule has 0 aliphatic heterocycles. The predicted octanol–water partition coefficient (Wildman–Crippen LogP) is 3.50. The molecule has 0 spiro atoms. The van der Waals surface area contributed by atoms with Crippen molar-refractivity contribution in [2.45, 2.75) is 103 Å². The Hall–Kier alpha value is -1.76. The van der Waals surface area contributed by atoms with Crippen molar-refractivity contribution >= 4 is 17.5 Å². The Kier molecular flexibility index (Phi) is 24.1. The number of quaternary nitrogens is 1. The van der Waals surface area contributed by atoms with E-state index in [1.165, 1.54) is 38.5 Å². The van der Waals surface area contributed by atoms with Crippen molar-refractivity contribution in [2.75, 3.05) is 39.5 Å². The monoisotopic (exact) mass is 544 g/mol. The zero-order chi connectivity index (χ0) is 27.7. The van der Waals surface area contributed by atoms with E-state index in [9.17, 15) is 9.59 Å². The van der Waals surface area contributed by atoms with Gasteiger partial charge in [-0.15, -0.1) is 12.1 Å². The normalized spacial score (nSPS) is 10.3. The number of hydrogen-bond donors (Lipinski definition) is 2. The van der Waals surface area contributed by atoms with Crippen LogP contribution < -0.4 is 40.2 Å². The SMILES string of the molecule is C[N+](C)(C)CCNC(=O)CCCCCCCCC#CC#CCCCCCCCCC(=O)Nc1cc[c-]cc1.[Na+]. The van der Waals surface area contributed by atoms with E-state index >= 15 is 0 Å². The van der Waals surface area contributed by atoms with Crippen molar-refractivity contribution in [1.82, 2.24) is 5.32 Å². The van der Waals surface area contributed by atoms with Crippen molar-refractivity contribution in [2.24, 2.45) is 0 Å². The van der Waals surface area contributed by atoms with E-state index in [1.54, 1.807) is 12.1 Å². The van der Waals surface area contributed by atoms with Crippen molar-refractivity contribution in [1.29, 1.82) is 0 Å². The number of unbranched alkanes of at least 4 members (excludes halogenated alkanes) is 12. The maximum atomic E-state index is 11.9. The molecule has 6 heteroatoms. The molecule has 0 unspecified atom stereocenters. The second kappa shape index (κ2) is 25.2. The number of carbonyl (C=O) groups is 2. The summed E-state index contributed by atoms with van der Waals surface area (Å²) in [5.41, 5.74) is 0.840. The molecular weight excluding hydrogens is 493 g/mol. The molecule has 39 heavy (non-hydrogen) atoms. The summed E-state index contributed by atoms with van der Waals surface area (Å²) < 4.78 is 0.873. The molecule has 0 saturated heterocycles. The molecule has 0 aliphatic rings. The standard InChI is InChI=1S/C33H51N3O2.Na/c1-36(2,3)30-29-34-32(37)27-23-18-16-14-12-10-8-6-4-5-7-9-11-13-15-17-19-24-28-33(38)35-31-25-21-20-22-26-31;/h21-22,25-26H,8-19,23-24,27-30H2,1-3H3,(H,34,37)(H,35,38);/q;+1. The Morgan fingerprint density at radius 1 is 0.718 bits per heavy atom. The number of hydrogen-bond acceptors (Lipinski definition) is 2. The smallest absolute Gasteiger partial charge is 0.350 e. The van der Waals surface area contributed by atoms with Crippen LogP contribution in [0, 0.1) is 29.7 Å². The first-order chi connectivity index (χ1) is 18.4. The van der Waals surface area contributed by atoms with E-state index in [0.29, 0.717) is 12.8 Å². The fourth-order valence-electron chi connectivity index (χ4n) is 3.94. The summed E-state index contributed by atoms with van der Waals surface area (Å²) in [6, 6.07) is 10.3. The number of nitrogens with zero attached hydrogens (tertiary/aromatic N) is 1. The molecule has 2 amide bonds. The average Bonchev–Trinajstić information content (AvgIpc) is 2.87. The Balaban J connectivity index is 0.0000144. The summed E-state index contributed by atoms with van der Waals surface area (Å²) in [7, 11) is 6.41. The molecule has 5 nitrogen and oxygen atoms in total. The number of anilines is 1. The van der Waals surface area contributed by atoms with E-state index in [1.807, 2.05) is 12.1 Å². The van der Waals surface area contributed by atoms with Crippen LogP contribution in [0.25, 0.3) is 0 Å². The molecule has 0 saturated carbocycles. The van der Waals surface area contributed by atoms with Gasteiger partial charge in [0, 0.05) is 25.7 Å². The van der Waals surface area contributed by atoms with Gasteiger partial charge in [0.1, 0.15) is 0 Å². The van der Waals surface area contributed by atoms with Crippen LogP contribution >= 0.6 is 0 Å². The molecule has 0 bridgehead atoms. The topological polar surface area (TPSA) is 58.2 Å². The van der Waals surface area contributed by atoms with Crippen molar-refractivity contribution in [3.05, 3.63) is 30.3 Å². The van der Waals surface area contributed by atoms with E-state index in [0.717, 1.165) is 74.6 Å². The maximum Gasteiger partial charge on any atom is 1.00 e. The van der Waals surface area contributed by atoms with Gasteiger partial charge in [0.25, 0.3) is 0 Å². The molecule has 0 aromatic heterocycles. The Labute approximate surface area is 261 Å². The molecule has 1 rings (SSSR count). The summed E-state index contributed by atoms with van der Waals surface area (Å²) >= 11 is 0. The molecule has 0 atom stereocenters. The molecule has 0 fully saturated rings. The van der Waals surface area contributed by atoms with Gasteiger partial charge in [-0.25, -0.2) is 0 Å². The summed E-state index contributed by atoms with van der Waals surface area (Å²) in [4.78, 5) is 23.7. The molecule has 1 aromatic carbocycles.